The lowest BCUT2D eigenvalue weighted by Crippen LogP contribution is -2.38. The number of amides is 1. The lowest BCUT2D eigenvalue weighted by atomic mass is 9.90. The number of piperidine rings is 1. The van der Waals surface area contributed by atoms with Gasteiger partial charge in [0.25, 0.3) is 5.91 Å². The summed E-state index contributed by atoms with van der Waals surface area (Å²) in [7, 11) is 0. The Morgan fingerprint density at radius 1 is 1.08 bits per heavy atom. The zero-order valence-electron chi connectivity index (χ0n) is 14.9. The van der Waals surface area contributed by atoms with Crippen LogP contribution in [0, 0.1) is 5.92 Å². The highest BCUT2D eigenvalue weighted by Gasteiger charge is 2.27. The molecule has 2 heterocycles. The number of likely N-dealkylation sites (tertiary alicyclic amines) is 1. The first-order valence-electron chi connectivity index (χ1n) is 9.73. The topological polar surface area (TPSA) is 20.3 Å². The van der Waals surface area contributed by atoms with Crippen molar-refractivity contribution in [3.63, 3.8) is 0 Å². The van der Waals surface area contributed by atoms with Crippen molar-refractivity contribution in [1.29, 1.82) is 0 Å². The molecule has 1 amide bonds. The molecule has 132 valence electrons. The number of hydrogen-bond donors (Lipinski definition) is 0. The average molecular weight is 354 g/mol. The minimum Gasteiger partial charge on any atom is -0.339 e. The van der Waals surface area contributed by atoms with Gasteiger partial charge in [0.2, 0.25) is 0 Å². The third kappa shape index (κ3) is 3.82. The van der Waals surface area contributed by atoms with Crippen LogP contribution in [0.25, 0.3) is 0 Å². The maximum Gasteiger partial charge on any atom is 0.254 e. The number of carbonyl (C=O) groups excluding carboxylic acids is 1. The molecule has 0 spiro atoms. The molecule has 4 rings (SSSR count). The van der Waals surface area contributed by atoms with Gasteiger partial charge in [-0.2, -0.15) is 0 Å². The van der Waals surface area contributed by atoms with Crippen LogP contribution in [0.4, 0.5) is 0 Å². The highest BCUT2D eigenvalue weighted by Crippen LogP contribution is 2.32. The van der Waals surface area contributed by atoms with Crippen molar-refractivity contribution in [3.8, 4) is 0 Å². The van der Waals surface area contributed by atoms with Gasteiger partial charge in [0, 0.05) is 23.3 Å². The van der Waals surface area contributed by atoms with E-state index in [9.17, 15) is 4.79 Å². The Morgan fingerprint density at radius 3 is 2.64 bits per heavy atom. The number of aryl methyl sites for hydroxylation is 2. The van der Waals surface area contributed by atoms with Crippen LogP contribution >= 0.6 is 11.3 Å². The maximum atomic E-state index is 13.0. The van der Waals surface area contributed by atoms with Crippen LogP contribution in [0.2, 0.25) is 0 Å². The van der Waals surface area contributed by atoms with Gasteiger partial charge < -0.3 is 4.90 Å². The standard InChI is InChI=1S/C22H27NOS/c24-22(20-16-25-21-9-5-4-8-19(20)21)23-14-12-18(13-15-23)11-10-17-6-2-1-3-7-17/h1-3,6-7,16,18H,4-5,8-15H2. The van der Waals surface area contributed by atoms with Gasteiger partial charge in [-0.15, -0.1) is 11.3 Å². The molecule has 0 bridgehead atoms. The van der Waals surface area contributed by atoms with Crippen LogP contribution in [-0.4, -0.2) is 23.9 Å². The summed E-state index contributed by atoms with van der Waals surface area (Å²) >= 11 is 1.80. The molecule has 25 heavy (non-hydrogen) atoms. The summed E-state index contributed by atoms with van der Waals surface area (Å²) in [6, 6.07) is 10.8. The number of nitrogens with zero attached hydrogens (tertiary/aromatic N) is 1. The molecule has 0 saturated carbocycles. The first-order chi connectivity index (χ1) is 12.3. The van der Waals surface area contributed by atoms with Crippen molar-refractivity contribution in [1.82, 2.24) is 4.90 Å². The van der Waals surface area contributed by atoms with Crippen molar-refractivity contribution >= 4 is 17.2 Å². The molecular formula is C22H27NOS. The van der Waals surface area contributed by atoms with Crippen molar-refractivity contribution in [2.24, 2.45) is 5.92 Å². The van der Waals surface area contributed by atoms with Crippen LogP contribution in [-0.2, 0) is 19.3 Å². The van der Waals surface area contributed by atoms with E-state index >= 15 is 0 Å². The Labute approximate surface area is 154 Å². The Kier molecular flexibility index (Phi) is 5.21. The van der Waals surface area contributed by atoms with Gasteiger partial charge in [0.1, 0.15) is 0 Å². The van der Waals surface area contributed by atoms with Crippen molar-refractivity contribution < 1.29 is 4.79 Å². The molecule has 0 unspecified atom stereocenters. The van der Waals surface area contributed by atoms with Gasteiger partial charge in [-0.25, -0.2) is 0 Å². The third-order valence-corrected chi connectivity index (χ3v) is 6.97. The van der Waals surface area contributed by atoms with E-state index in [0.717, 1.165) is 50.3 Å². The average Bonchev–Trinajstić information content (AvgIpc) is 3.11. The minimum absolute atomic E-state index is 0.293. The largest absolute Gasteiger partial charge is 0.339 e. The zero-order chi connectivity index (χ0) is 17.1. The predicted octanol–water partition coefficient (Wildman–Crippen LogP) is 5.11. The molecule has 1 saturated heterocycles. The van der Waals surface area contributed by atoms with E-state index in [1.807, 2.05) is 0 Å². The lowest BCUT2D eigenvalue weighted by Gasteiger charge is -2.32. The number of hydrogen-bond acceptors (Lipinski definition) is 2. The molecule has 1 aromatic heterocycles. The second-order valence-corrected chi connectivity index (χ2v) is 8.48. The summed E-state index contributed by atoms with van der Waals surface area (Å²) in [5.74, 6) is 1.06. The van der Waals surface area contributed by atoms with Crippen LogP contribution in [0.15, 0.2) is 35.7 Å². The molecule has 1 aliphatic carbocycles. The molecule has 1 aliphatic heterocycles. The summed E-state index contributed by atoms with van der Waals surface area (Å²) < 4.78 is 0. The Hall–Kier alpha value is -1.61. The minimum atomic E-state index is 0.293. The normalized spacial score (nSPS) is 18.2. The number of fused-ring (bicyclic) bond motifs is 1. The fourth-order valence-corrected chi connectivity index (χ4v) is 5.40. The van der Waals surface area contributed by atoms with E-state index in [2.05, 4.69) is 40.6 Å². The SMILES string of the molecule is O=C(c1csc2c1CCCC2)N1CCC(CCc2ccccc2)CC1. The fraction of sp³-hybridized carbons (Fsp3) is 0.500. The van der Waals surface area contributed by atoms with Gasteiger partial charge in [0.05, 0.1) is 5.56 Å². The molecule has 2 aromatic rings. The lowest BCUT2D eigenvalue weighted by molar-refractivity contribution is 0.0686. The molecule has 1 fully saturated rings. The summed E-state index contributed by atoms with van der Waals surface area (Å²) in [5.41, 5.74) is 3.82. The molecule has 0 N–H and O–H groups in total. The number of thiophene rings is 1. The Bertz CT molecular complexity index is 713. The van der Waals surface area contributed by atoms with E-state index in [4.69, 9.17) is 0 Å². The molecule has 0 radical (unpaired) electrons. The molecule has 2 aliphatic rings. The maximum absolute atomic E-state index is 13.0. The van der Waals surface area contributed by atoms with E-state index in [1.165, 1.54) is 41.7 Å². The van der Waals surface area contributed by atoms with Crippen LogP contribution in [0.1, 0.15) is 58.5 Å². The first-order valence-corrected chi connectivity index (χ1v) is 10.6. The molecule has 2 nitrogen and oxygen atoms in total. The summed E-state index contributed by atoms with van der Waals surface area (Å²) in [5, 5.41) is 2.12. The highest BCUT2D eigenvalue weighted by atomic mass is 32.1. The smallest absolute Gasteiger partial charge is 0.254 e. The molecule has 0 atom stereocenters. The number of rotatable bonds is 4. The summed E-state index contributed by atoms with van der Waals surface area (Å²) in [4.78, 5) is 16.5. The second-order valence-electron chi connectivity index (χ2n) is 7.52. The summed E-state index contributed by atoms with van der Waals surface area (Å²) in [6.45, 7) is 1.87. The monoisotopic (exact) mass is 353 g/mol. The van der Waals surface area contributed by atoms with E-state index in [0.29, 0.717) is 5.91 Å². The van der Waals surface area contributed by atoms with Crippen molar-refractivity contribution in [2.75, 3.05) is 13.1 Å². The highest BCUT2D eigenvalue weighted by molar-refractivity contribution is 7.10. The molecule has 1 aromatic carbocycles. The number of carbonyl (C=O) groups is 1. The van der Waals surface area contributed by atoms with Gasteiger partial charge in [0.15, 0.2) is 0 Å². The van der Waals surface area contributed by atoms with E-state index < -0.39 is 0 Å². The van der Waals surface area contributed by atoms with Gasteiger partial charge in [-0.3, -0.25) is 4.79 Å². The van der Waals surface area contributed by atoms with Crippen molar-refractivity contribution in [2.45, 2.75) is 51.4 Å². The van der Waals surface area contributed by atoms with Crippen LogP contribution < -0.4 is 0 Å². The predicted molar refractivity (Wildman–Crippen MR) is 104 cm³/mol. The quantitative estimate of drug-likeness (QED) is 0.748. The summed E-state index contributed by atoms with van der Waals surface area (Å²) in [6.07, 6.45) is 9.54. The van der Waals surface area contributed by atoms with E-state index in [1.54, 1.807) is 11.3 Å². The molecule has 3 heteroatoms. The van der Waals surface area contributed by atoms with Gasteiger partial charge >= 0.3 is 0 Å². The third-order valence-electron chi connectivity index (χ3n) is 5.88. The molecular weight excluding hydrogens is 326 g/mol. The van der Waals surface area contributed by atoms with Gasteiger partial charge in [-0.1, -0.05) is 30.3 Å². The van der Waals surface area contributed by atoms with Gasteiger partial charge in [-0.05, 0) is 68.4 Å². The van der Waals surface area contributed by atoms with E-state index in [-0.39, 0.29) is 0 Å². The Balaban J connectivity index is 1.31. The number of benzene rings is 1. The zero-order valence-corrected chi connectivity index (χ0v) is 15.7. The van der Waals surface area contributed by atoms with Crippen molar-refractivity contribution in [3.05, 3.63) is 57.3 Å². The van der Waals surface area contributed by atoms with Crippen LogP contribution in [0.5, 0.6) is 0 Å². The Morgan fingerprint density at radius 2 is 1.84 bits per heavy atom. The first kappa shape index (κ1) is 16.8. The fourth-order valence-electron chi connectivity index (χ4n) is 4.28. The second kappa shape index (κ2) is 7.74. The van der Waals surface area contributed by atoms with Crippen LogP contribution in [0.3, 0.4) is 0 Å².